The molecule has 0 amide bonds. The lowest BCUT2D eigenvalue weighted by Crippen LogP contribution is -2.19. The van der Waals surface area contributed by atoms with Crippen LogP contribution in [0.25, 0.3) is 5.69 Å². The lowest BCUT2D eigenvalue weighted by atomic mass is 9.89. The Kier molecular flexibility index (Phi) is 3.74. The van der Waals surface area contributed by atoms with Crippen molar-refractivity contribution in [2.24, 2.45) is 5.73 Å². The Morgan fingerprint density at radius 3 is 2.64 bits per heavy atom. The standard InChI is InChI=1S/C17H21N3O2/c1-10(2)16-15-13(18)4-3-5-14(15)20(19-16)12-8-6-11(7-9-12)17(21)22/h6-10,13H,3-5,18H2,1-2H3,(H,21,22). The highest BCUT2D eigenvalue weighted by atomic mass is 16.4. The Labute approximate surface area is 129 Å². The summed E-state index contributed by atoms with van der Waals surface area (Å²) in [5.41, 5.74) is 10.9. The van der Waals surface area contributed by atoms with Crippen molar-refractivity contribution in [3.05, 3.63) is 46.8 Å². The first kappa shape index (κ1) is 14.8. The van der Waals surface area contributed by atoms with Gasteiger partial charge in [-0.2, -0.15) is 5.10 Å². The van der Waals surface area contributed by atoms with Crippen LogP contribution in [0, 0.1) is 0 Å². The Balaban J connectivity index is 2.11. The van der Waals surface area contributed by atoms with Crippen LogP contribution >= 0.6 is 0 Å². The Hall–Kier alpha value is -2.14. The van der Waals surface area contributed by atoms with E-state index in [9.17, 15) is 4.79 Å². The molecule has 22 heavy (non-hydrogen) atoms. The molecule has 0 bridgehead atoms. The third-order valence-electron chi connectivity index (χ3n) is 4.26. The summed E-state index contributed by atoms with van der Waals surface area (Å²) in [5.74, 6) is -0.601. The van der Waals surface area contributed by atoms with Crippen molar-refractivity contribution in [2.75, 3.05) is 0 Å². The fourth-order valence-corrected chi connectivity index (χ4v) is 3.15. The van der Waals surface area contributed by atoms with Crippen molar-refractivity contribution in [1.82, 2.24) is 9.78 Å². The summed E-state index contributed by atoms with van der Waals surface area (Å²) in [6, 6.07) is 6.89. The molecule has 0 spiro atoms. The number of aromatic carboxylic acids is 1. The maximum Gasteiger partial charge on any atom is 0.335 e. The maximum atomic E-state index is 11.0. The van der Waals surface area contributed by atoms with E-state index in [0.29, 0.717) is 5.92 Å². The van der Waals surface area contributed by atoms with Gasteiger partial charge in [-0.05, 0) is 49.4 Å². The van der Waals surface area contributed by atoms with E-state index in [2.05, 4.69) is 13.8 Å². The fraction of sp³-hybridized carbons (Fsp3) is 0.412. The van der Waals surface area contributed by atoms with Gasteiger partial charge >= 0.3 is 5.97 Å². The Bertz CT molecular complexity index is 701. The first-order valence-corrected chi connectivity index (χ1v) is 7.70. The zero-order valence-electron chi connectivity index (χ0n) is 12.9. The van der Waals surface area contributed by atoms with Crippen LogP contribution in [0.5, 0.6) is 0 Å². The number of carbonyl (C=O) groups is 1. The van der Waals surface area contributed by atoms with Gasteiger partial charge in [0.2, 0.25) is 0 Å². The SMILES string of the molecule is CC(C)c1nn(-c2ccc(C(=O)O)cc2)c2c1C(N)CCC2. The van der Waals surface area contributed by atoms with Gasteiger partial charge in [-0.1, -0.05) is 13.8 Å². The number of aromatic nitrogens is 2. The molecule has 3 rings (SSSR count). The number of hydrogen-bond donors (Lipinski definition) is 2. The van der Waals surface area contributed by atoms with Gasteiger partial charge in [-0.15, -0.1) is 0 Å². The number of fused-ring (bicyclic) bond motifs is 1. The molecule has 5 nitrogen and oxygen atoms in total. The lowest BCUT2D eigenvalue weighted by Gasteiger charge is -2.21. The minimum atomic E-state index is -0.918. The predicted octanol–water partition coefficient (Wildman–Crippen LogP) is 3.03. The summed E-state index contributed by atoms with van der Waals surface area (Å²) in [7, 11) is 0. The summed E-state index contributed by atoms with van der Waals surface area (Å²) in [6.45, 7) is 4.25. The zero-order valence-corrected chi connectivity index (χ0v) is 12.9. The summed E-state index contributed by atoms with van der Waals surface area (Å²) >= 11 is 0. The number of nitrogens with zero attached hydrogens (tertiary/aromatic N) is 2. The summed E-state index contributed by atoms with van der Waals surface area (Å²) in [6.07, 6.45) is 3.02. The minimum absolute atomic E-state index is 0.0493. The van der Waals surface area contributed by atoms with E-state index >= 15 is 0 Å². The topological polar surface area (TPSA) is 81.1 Å². The van der Waals surface area contributed by atoms with Crippen LogP contribution in [0.3, 0.4) is 0 Å². The third-order valence-corrected chi connectivity index (χ3v) is 4.26. The molecule has 1 aromatic carbocycles. The second-order valence-corrected chi connectivity index (χ2v) is 6.16. The highest BCUT2D eigenvalue weighted by Crippen LogP contribution is 2.35. The largest absolute Gasteiger partial charge is 0.478 e. The third kappa shape index (κ3) is 2.41. The van der Waals surface area contributed by atoms with Crippen LogP contribution in [0.15, 0.2) is 24.3 Å². The molecule has 2 aromatic rings. The second kappa shape index (κ2) is 5.57. The van der Waals surface area contributed by atoms with Crippen molar-refractivity contribution in [1.29, 1.82) is 0 Å². The molecule has 1 aromatic heterocycles. The summed E-state index contributed by atoms with van der Waals surface area (Å²) in [4.78, 5) is 11.0. The van der Waals surface area contributed by atoms with Crippen LogP contribution < -0.4 is 5.73 Å². The van der Waals surface area contributed by atoms with E-state index in [1.165, 1.54) is 11.3 Å². The lowest BCUT2D eigenvalue weighted by molar-refractivity contribution is 0.0697. The van der Waals surface area contributed by atoms with E-state index in [4.69, 9.17) is 15.9 Å². The van der Waals surface area contributed by atoms with E-state index < -0.39 is 5.97 Å². The number of rotatable bonds is 3. The molecule has 116 valence electrons. The molecule has 1 heterocycles. The van der Waals surface area contributed by atoms with Crippen LogP contribution in [0.2, 0.25) is 0 Å². The van der Waals surface area contributed by atoms with E-state index in [0.717, 1.165) is 30.6 Å². The molecule has 0 saturated heterocycles. The molecule has 5 heteroatoms. The molecular formula is C17H21N3O2. The first-order valence-electron chi connectivity index (χ1n) is 7.70. The van der Waals surface area contributed by atoms with Crippen molar-refractivity contribution in [3.63, 3.8) is 0 Å². The van der Waals surface area contributed by atoms with Crippen LogP contribution in [0.1, 0.15) is 66.0 Å². The van der Waals surface area contributed by atoms with E-state index in [-0.39, 0.29) is 11.6 Å². The van der Waals surface area contributed by atoms with Gasteiger partial charge in [0.25, 0.3) is 0 Å². The van der Waals surface area contributed by atoms with Gasteiger partial charge in [0.15, 0.2) is 0 Å². The van der Waals surface area contributed by atoms with Gasteiger partial charge in [-0.3, -0.25) is 0 Å². The van der Waals surface area contributed by atoms with Crippen LogP contribution in [0.4, 0.5) is 0 Å². The molecule has 3 N–H and O–H groups in total. The van der Waals surface area contributed by atoms with Gasteiger partial charge in [0.1, 0.15) is 0 Å². The van der Waals surface area contributed by atoms with Gasteiger partial charge in [0.05, 0.1) is 16.9 Å². The van der Waals surface area contributed by atoms with Gasteiger partial charge in [0, 0.05) is 17.3 Å². The molecule has 0 aliphatic heterocycles. The van der Waals surface area contributed by atoms with E-state index in [1.807, 2.05) is 4.68 Å². The van der Waals surface area contributed by atoms with Crippen LogP contribution in [-0.2, 0) is 6.42 Å². The van der Waals surface area contributed by atoms with Gasteiger partial charge in [-0.25, -0.2) is 9.48 Å². The molecular weight excluding hydrogens is 278 g/mol. The summed E-state index contributed by atoms with van der Waals surface area (Å²) in [5, 5.41) is 13.8. The Morgan fingerprint density at radius 1 is 1.36 bits per heavy atom. The average Bonchev–Trinajstić information content (AvgIpc) is 2.88. The molecule has 1 unspecified atom stereocenters. The minimum Gasteiger partial charge on any atom is -0.478 e. The molecule has 1 aliphatic rings. The Morgan fingerprint density at radius 2 is 2.05 bits per heavy atom. The first-order chi connectivity index (χ1) is 10.5. The molecule has 0 fully saturated rings. The van der Waals surface area contributed by atoms with Crippen LogP contribution in [-0.4, -0.2) is 20.9 Å². The number of carboxylic acid groups (broad SMARTS) is 1. The second-order valence-electron chi connectivity index (χ2n) is 6.16. The highest BCUT2D eigenvalue weighted by Gasteiger charge is 2.27. The number of benzene rings is 1. The number of hydrogen-bond acceptors (Lipinski definition) is 3. The number of nitrogens with two attached hydrogens (primary N) is 1. The molecule has 1 aliphatic carbocycles. The summed E-state index contributed by atoms with van der Waals surface area (Å²) < 4.78 is 1.94. The average molecular weight is 299 g/mol. The molecule has 0 saturated carbocycles. The van der Waals surface area contributed by atoms with Crippen molar-refractivity contribution >= 4 is 5.97 Å². The predicted molar refractivity (Wildman–Crippen MR) is 84.5 cm³/mol. The molecule has 0 radical (unpaired) electrons. The zero-order chi connectivity index (χ0) is 15.9. The van der Waals surface area contributed by atoms with Crippen molar-refractivity contribution < 1.29 is 9.90 Å². The number of carboxylic acids is 1. The quantitative estimate of drug-likeness (QED) is 0.912. The van der Waals surface area contributed by atoms with Crippen molar-refractivity contribution in [2.45, 2.75) is 45.1 Å². The smallest absolute Gasteiger partial charge is 0.335 e. The van der Waals surface area contributed by atoms with E-state index in [1.54, 1.807) is 24.3 Å². The normalized spacial score (nSPS) is 17.5. The fourth-order valence-electron chi connectivity index (χ4n) is 3.15. The highest BCUT2D eigenvalue weighted by molar-refractivity contribution is 5.87. The van der Waals surface area contributed by atoms with Crippen molar-refractivity contribution in [3.8, 4) is 5.69 Å². The molecule has 1 atom stereocenters. The van der Waals surface area contributed by atoms with Gasteiger partial charge < -0.3 is 10.8 Å². The monoisotopic (exact) mass is 299 g/mol. The maximum absolute atomic E-state index is 11.0.